The van der Waals surface area contributed by atoms with E-state index in [0.29, 0.717) is 33.4 Å². The number of hydrogen-bond acceptors (Lipinski definition) is 1. The number of benzene rings is 1. The van der Waals surface area contributed by atoms with E-state index in [-0.39, 0.29) is 11.9 Å². The van der Waals surface area contributed by atoms with Gasteiger partial charge in [0.25, 0.3) is 5.91 Å². The molecule has 2 nitrogen and oxygen atoms in total. The molecule has 4 heteroatoms. The molecule has 116 valence electrons. The summed E-state index contributed by atoms with van der Waals surface area (Å²) in [7, 11) is 0. The van der Waals surface area contributed by atoms with Gasteiger partial charge in [0.2, 0.25) is 0 Å². The van der Waals surface area contributed by atoms with Gasteiger partial charge in [0, 0.05) is 6.04 Å². The van der Waals surface area contributed by atoms with Crippen molar-refractivity contribution in [1.82, 2.24) is 5.32 Å². The van der Waals surface area contributed by atoms with Crippen molar-refractivity contribution in [2.45, 2.75) is 46.1 Å². The Balaban J connectivity index is 2.17. The SMILES string of the molecule is CC(C)[C@@H]1CC[C@H](C)C[C@H]1NC(=O)c1c(Cl)cccc1Cl. The molecule has 1 aliphatic rings. The van der Waals surface area contributed by atoms with Gasteiger partial charge in [0.1, 0.15) is 0 Å². The van der Waals surface area contributed by atoms with E-state index in [2.05, 4.69) is 26.1 Å². The van der Waals surface area contributed by atoms with Crippen LogP contribution in [0.4, 0.5) is 0 Å². The molecule has 0 heterocycles. The van der Waals surface area contributed by atoms with E-state index in [1.807, 2.05) is 0 Å². The Hall–Kier alpha value is -0.730. The molecule has 1 aromatic carbocycles. The lowest BCUT2D eigenvalue weighted by Gasteiger charge is -2.37. The first-order chi connectivity index (χ1) is 9.90. The minimum absolute atomic E-state index is 0.157. The molecule has 21 heavy (non-hydrogen) atoms. The predicted octanol–water partition coefficient (Wildman–Crippen LogP) is 5.18. The molecule has 0 saturated heterocycles. The Morgan fingerprint density at radius 1 is 1.24 bits per heavy atom. The number of nitrogens with one attached hydrogen (secondary N) is 1. The molecule has 0 spiro atoms. The number of carbonyl (C=O) groups excluding carboxylic acids is 1. The lowest BCUT2D eigenvalue weighted by Crippen LogP contribution is -2.45. The van der Waals surface area contributed by atoms with Gasteiger partial charge in [0.15, 0.2) is 0 Å². The van der Waals surface area contributed by atoms with Gasteiger partial charge in [-0.05, 0) is 42.7 Å². The number of rotatable bonds is 3. The van der Waals surface area contributed by atoms with Crippen molar-refractivity contribution in [3.05, 3.63) is 33.8 Å². The third-order valence-corrected chi connectivity index (χ3v) is 5.16. The largest absolute Gasteiger partial charge is 0.349 e. The summed E-state index contributed by atoms with van der Waals surface area (Å²) in [6.45, 7) is 6.70. The highest BCUT2D eigenvalue weighted by atomic mass is 35.5. The van der Waals surface area contributed by atoms with Gasteiger partial charge in [0.05, 0.1) is 15.6 Å². The first kappa shape index (κ1) is 16.6. The minimum atomic E-state index is -0.157. The maximum absolute atomic E-state index is 12.5. The lowest BCUT2D eigenvalue weighted by molar-refractivity contribution is 0.0868. The predicted molar refractivity (Wildman–Crippen MR) is 89.1 cm³/mol. The number of carbonyl (C=O) groups is 1. The first-order valence-corrected chi connectivity index (χ1v) is 8.40. The molecule has 1 fully saturated rings. The molecule has 0 aliphatic heterocycles. The van der Waals surface area contributed by atoms with E-state index >= 15 is 0 Å². The molecule has 1 aliphatic carbocycles. The van der Waals surface area contributed by atoms with Crippen LogP contribution in [0.2, 0.25) is 10.0 Å². The van der Waals surface area contributed by atoms with E-state index in [1.54, 1.807) is 18.2 Å². The van der Waals surface area contributed by atoms with Crippen LogP contribution in [0.1, 0.15) is 50.4 Å². The fourth-order valence-corrected chi connectivity index (χ4v) is 3.89. The maximum Gasteiger partial charge on any atom is 0.254 e. The topological polar surface area (TPSA) is 29.1 Å². The monoisotopic (exact) mass is 327 g/mol. The highest BCUT2D eigenvalue weighted by Gasteiger charge is 2.32. The zero-order chi connectivity index (χ0) is 15.6. The Morgan fingerprint density at radius 2 is 1.86 bits per heavy atom. The minimum Gasteiger partial charge on any atom is -0.349 e. The maximum atomic E-state index is 12.5. The van der Waals surface area contributed by atoms with Crippen LogP contribution in [0, 0.1) is 17.8 Å². The van der Waals surface area contributed by atoms with E-state index in [9.17, 15) is 4.79 Å². The number of amides is 1. The smallest absolute Gasteiger partial charge is 0.254 e. The van der Waals surface area contributed by atoms with Crippen LogP contribution in [0.15, 0.2) is 18.2 Å². The third-order valence-electron chi connectivity index (χ3n) is 4.53. The van der Waals surface area contributed by atoms with E-state index in [4.69, 9.17) is 23.2 Å². The van der Waals surface area contributed by atoms with Crippen LogP contribution in [-0.4, -0.2) is 11.9 Å². The van der Waals surface area contributed by atoms with Gasteiger partial charge < -0.3 is 5.32 Å². The summed E-state index contributed by atoms with van der Waals surface area (Å²) in [5.74, 6) is 1.57. The average molecular weight is 328 g/mol. The molecule has 1 amide bonds. The Morgan fingerprint density at radius 3 is 2.43 bits per heavy atom. The van der Waals surface area contributed by atoms with E-state index in [0.717, 1.165) is 6.42 Å². The first-order valence-electron chi connectivity index (χ1n) is 7.65. The van der Waals surface area contributed by atoms with Crippen molar-refractivity contribution < 1.29 is 4.79 Å². The summed E-state index contributed by atoms with van der Waals surface area (Å²) >= 11 is 12.2. The van der Waals surface area contributed by atoms with E-state index in [1.165, 1.54) is 12.8 Å². The molecule has 0 unspecified atom stereocenters. The van der Waals surface area contributed by atoms with Crippen molar-refractivity contribution in [1.29, 1.82) is 0 Å². The van der Waals surface area contributed by atoms with Crippen molar-refractivity contribution in [3.63, 3.8) is 0 Å². The zero-order valence-corrected chi connectivity index (χ0v) is 14.3. The van der Waals surface area contributed by atoms with Gasteiger partial charge in [-0.3, -0.25) is 4.79 Å². The molecule has 0 aromatic heterocycles. The summed E-state index contributed by atoms with van der Waals surface area (Å²) in [5.41, 5.74) is 0.390. The summed E-state index contributed by atoms with van der Waals surface area (Å²) in [6.07, 6.45) is 3.43. The quantitative estimate of drug-likeness (QED) is 0.813. The summed E-state index contributed by atoms with van der Waals surface area (Å²) in [4.78, 5) is 12.5. The Labute approximate surface area is 137 Å². The van der Waals surface area contributed by atoms with E-state index < -0.39 is 0 Å². The molecule has 0 radical (unpaired) electrons. The summed E-state index contributed by atoms with van der Waals surface area (Å²) < 4.78 is 0. The number of halogens is 2. The van der Waals surface area contributed by atoms with Crippen molar-refractivity contribution in [2.75, 3.05) is 0 Å². The van der Waals surface area contributed by atoms with Gasteiger partial charge in [-0.15, -0.1) is 0 Å². The van der Waals surface area contributed by atoms with Crippen LogP contribution in [0.25, 0.3) is 0 Å². The Bertz CT molecular complexity index is 495. The fraction of sp³-hybridized carbons (Fsp3) is 0.588. The highest BCUT2D eigenvalue weighted by Crippen LogP contribution is 2.34. The molecule has 2 rings (SSSR count). The van der Waals surface area contributed by atoms with Gasteiger partial charge in [-0.25, -0.2) is 0 Å². The van der Waals surface area contributed by atoms with Gasteiger partial charge in [-0.2, -0.15) is 0 Å². The molecular formula is C17H23Cl2NO. The molecule has 1 N–H and O–H groups in total. The lowest BCUT2D eigenvalue weighted by atomic mass is 9.74. The average Bonchev–Trinajstić information content (AvgIpc) is 2.38. The molecule has 0 bridgehead atoms. The standard InChI is InChI=1S/C17H23Cl2NO/c1-10(2)12-8-7-11(3)9-15(12)20-17(21)16-13(18)5-4-6-14(16)19/h4-6,10-12,15H,7-9H2,1-3H3,(H,20,21)/t11-,12-,15+/m0/s1. The second-order valence-corrected chi connectivity index (χ2v) is 7.32. The number of hydrogen-bond donors (Lipinski definition) is 1. The second kappa shape index (κ2) is 7.02. The van der Waals surface area contributed by atoms with Crippen LogP contribution >= 0.6 is 23.2 Å². The third kappa shape index (κ3) is 3.92. The normalized spacial score (nSPS) is 25.9. The Kier molecular flexibility index (Phi) is 5.56. The van der Waals surface area contributed by atoms with Gasteiger partial charge in [-0.1, -0.05) is 56.5 Å². The molecule has 1 saturated carbocycles. The molecule has 1 aromatic rings. The van der Waals surface area contributed by atoms with Crippen LogP contribution in [-0.2, 0) is 0 Å². The van der Waals surface area contributed by atoms with Crippen molar-refractivity contribution in [2.24, 2.45) is 17.8 Å². The zero-order valence-electron chi connectivity index (χ0n) is 12.8. The second-order valence-electron chi connectivity index (χ2n) is 6.50. The van der Waals surface area contributed by atoms with Crippen molar-refractivity contribution in [3.8, 4) is 0 Å². The summed E-state index contributed by atoms with van der Waals surface area (Å²) in [5, 5.41) is 3.99. The molecular weight excluding hydrogens is 305 g/mol. The summed E-state index contributed by atoms with van der Waals surface area (Å²) in [6, 6.07) is 5.35. The van der Waals surface area contributed by atoms with Gasteiger partial charge >= 0.3 is 0 Å². The fourth-order valence-electron chi connectivity index (χ4n) is 3.32. The van der Waals surface area contributed by atoms with Crippen LogP contribution < -0.4 is 5.32 Å². The van der Waals surface area contributed by atoms with Crippen LogP contribution in [0.3, 0.4) is 0 Å². The molecule has 3 atom stereocenters. The van der Waals surface area contributed by atoms with Crippen molar-refractivity contribution >= 4 is 29.1 Å². The highest BCUT2D eigenvalue weighted by molar-refractivity contribution is 6.39. The van der Waals surface area contributed by atoms with Crippen LogP contribution in [0.5, 0.6) is 0 Å².